The van der Waals surface area contributed by atoms with E-state index in [1.807, 2.05) is 19.1 Å². The number of sulfonamides is 1. The molecular formula is C39H34F3N5O8S2. The summed E-state index contributed by atoms with van der Waals surface area (Å²) in [6, 6.07) is 14.9. The van der Waals surface area contributed by atoms with Crippen molar-refractivity contribution in [3.63, 3.8) is 0 Å². The zero-order valence-electron chi connectivity index (χ0n) is 30.8. The van der Waals surface area contributed by atoms with Crippen LogP contribution in [0, 0.1) is 17.6 Å². The zero-order valence-corrected chi connectivity index (χ0v) is 32.4. The summed E-state index contributed by atoms with van der Waals surface area (Å²) in [7, 11) is -0.236. The van der Waals surface area contributed by atoms with Gasteiger partial charge in [0.25, 0.3) is 15.9 Å². The second kappa shape index (κ2) is 17.4. The first-order chi connectivity index (χ1) is 27.4. The van der Waals surface area contributed by atoms with E-state index in [4.69, 9.17) is 18.9 Å². The van der Waals surface area contributed by atoms with Crippen LogP contribution >= 0.6 is 11.7 Å². The third-order valence-corrected chi connectivity index (χ3v) is 10.7. The Labute approximate surface area is 329 Å². The second-order valence-electron chi connectivity index (χ2n) is 12.3. The molecular weight excluding hydrogens is 788 g/mol. The van der Waals surface area contributed by atoms with E-state index in [9.17, 15) is 22.4 Å². The first-order valence-corrected chi connectivity index (χ1v) is 19.3. The maximum absolute atomic E-state index is 15.4. The van der Waals surface area contributed by atoms with Crippen LogP contribution in [-0.2, 0) is 37.3 Å². The molecule has 2 aromatic heterocycles. The van der Waals surface area contributed by atoms with Gasteiger partial charge in [-0.05, 0) is 71.6 Å². The van der Waals surface area contributed by atoms with Crippen LogP contribution in [0.5, 0.6) is 11.5 Å². The number of ether oxygens (including phenoxy) is 4. The number of hydrogen-bond donors (Lipinski definition) is 2. The summed E-state index contributed by atoms with van der Waals surface area (Å²) in [5.41, 5.74) is 2.68. The highest BCUT2D eigenvalue weighted by Gasteiger charge is 2.29. The number of rotatable bonds is 15. The average molecular weight is 822 g/mol. The molecule has 6 aromatic rings. The molecule has 0 aliphatic heterocycles. The van der Waals surface area contributed by atoms with Gasteiger partial charge in [0.15, 0.2) is 0 Å². The Bertz CT molecular complexity index is 2520. The fourth-order valence-corrected chi connectivity index (χ4v) is 7.71. The number of hydrogen-bond acceptors (Lipinski definition) is 12. The number of nitrogens with zero attached hydrogens (tertiary/aromatic N) is 3. The fourth-order valence-electron chi connectivity index (χ4n) is 6.08. The number of esters is 1. The Balaban J connectivity index is 1.23. The molecule has 2 heterocycles. The lowest BCUT2D eigenvalue weighted by Gasteiger charge is -2.19. The van der Waals surface area contributed by atoms with Gasteiger partial charge in [-0.2, -0.15) is 13.1 Å². The molecule has 4 aromatic carbocycles. The molecule has 0 radical (unpaired) electrons. The fraction of sp³-hybridized carbons (Fsp3) is 0.205. The Kier molecular flexibility index (Phi) is 12.3. The SMILES string of the molecule is CCOCc1cc(OC)c(-c2ccc(C[C@H](NC(=O)c3c(F)cc(NS(=O)(=O)c4ccc(-c5ccnc(F)c5)cc4)cc3F)C(=O)OC)c3nsnc23)c(OC)c1. The number of fused-ring (bicyclic) bond motifs is 1. The van der Waals surface area contributed by atoms with Crippen LogP contribution in [0.15, 0.2) is 83.9 Å². The molecule has 18 heteroatoms. The second-order valence-corrected chi connectivity index (χ2v) is 14.5. The van der Waals surface area contributed by atoms with Crippen LogP contribution in [0.1, 0.15) is 28.4 Å². The number of methoxy groups -OCH3 is 3. The van der Waals surface area contributed by atoms with Gasteiger partial charge in [0.05, 0.1) is 55.8 Å². The smallest absolute Gasteiger partial charge is 0.328 e. The van der Waals surface area contributed by atoms with E-state index in [2.05, 4.69) is 23.8 Å². The van der Waals surface area contributed by atoms with Crippen LogP contribution in [-0.4, -0.2) is 68.0 Å². The molecule has 296 valence electrons. The monoisotopic (exact) mass is 821 g/mol. The van der Waals surface area contributed by atoms with Gasteiger partial charge < -0.3 is 24.3 Å². The van der Waals surface area contributed by atoms with Gasteiger partial charge in [-0.1, -0.05) is 24.3 Å². The van der Waals surface area contributed by atoms with E-state index in [0.717, 1.165) is 24.4 Å². The molecule has 13 nitrogen and oxygen atoms in total. The van der Waals surface area contributed by atoms with Crippen molar-refractivity contribution in [3.8, 4) is 33.8 Å². The molecule has 0 fully saturated rings. The highest BCUT2D eigenvalue weighted by Crippen LogP contribution is 2.43. The topological polar surface area (TPSA) is 168 Å². The van der Waals surface area contributed by atoms with Gasteiger partial charge in [-0.3, -0.25) is 9.52 Å². The van der Waals surface area contributed by atoms with E-state index in [0.29, 0.717) is 75.7 Å². The van der Waals surface area contributed by atoms with Crippen LogP contribution in [0.3, 0.4) is 0 Å². The van der Waals surface area contributed by atoms with Gasteiger partial charge >= 0.3 is 5.97 Å². The Hall–Kier alpha value is -6.11. The van der Waals surface area contributed by atoms with Crippen LogP contribution in [0.25, 0.3) is 33.3 Å². The maximum atomic E-state index is 15.4. The number of carbonyl (C=O) groups excluding carboxylic acids is 2. The van der Waals surface area contributed by atoms with Gasteiger partial charge in [0.1, 0.15) is 45.8 Å². The summed E-state index contributed by atoms with van der Waals surface area (Å²) in [5, 5.41) is 2.34. The van der Waals surface area contributed by atoms with Gasteiger partial charge in [0.2, 0.25) is 5.95 Å². The van der Waals surface area contributed by atoms with Crippen molar-refractivity contribution in [1.82, 2.24) is 19.0 Å². The van der Waals surface area contributed by atoms with E-state index in [1.165, 1.54) is 56.8 Å². The van der Waals surface area contributed by atoms with Crippen LogP contribution < -0.4 is 19.5 Å². The third-order valence-electron chi connectivity index (χ3n) is 8.77. The molecule has 6 rings (SSSR count). The van der Waals surface area contributed by atoms with Crippen molar-refractivity contribution in [3.05, 3.63) is 113 Å². The summed E-state index contributed by atoms with van der Waals surface area (Å²) >= 11 is 0.909. The number of benzene rings is 4. The zero-order chi connectivity index (χ0) is 40.9. The molecule has 0 bridgehead atoms. The van der Waals surface area contributed by atoms with Gasteiger partial charge in [-0.25, -0.2) is 27.0 Å². The van der Waals surface area contributed by atoms with Crippen molar-refractivity contribution in [2.75, 3.05) is 32.7 Å². The summed E-state index contributed by atoms with van der Waals surface area (Å²) < 4.78 is 103. The first kappa shape index (κ1) is 40.6. The maximum Gasteiger partial charge on any atom is 0.328 e. The lowest BCUT2D eigenvalue weighted by atomic mass is 9.96. The Morgan fingerprint density at radius 3 is 2.12 bits per heavy atom. The van der Waals surface area contributed by atoms with Crippen molar-refractivity contribution >= 4 is 50.3 Å². The highest BCUT2D eigenvalue weighted by molar-refractivity contribution is 7.92. The molecule has 1 atom stereocenters. The number of pyridine rings is 1. The summed E-state index contributed by atoms with van der Waals surface area (Å²) in [4.78, 5) is 29.5. The van der Waals surface area contributed by atoms with Crippen molar-refractivity contribution < 1.29 is 50.1 Å². The molecule has 0 aliphatic carbocycles. The molecule has 2 N–H and O–H groups in total. The normalized spacial score (nSPS) is 11.9. The van der Waals surface area contributed by atoms with Crippen molar-refractivity contribution in [2.24, 2.45) is 0 Å². The van der Waals surface area contributed by atoms with E-state index < -0.39 is 56.8 Å². The number of halogens is 3. The molecule has 1 amide bonds. The summed E-state index contributed by atoms with van der Waals surface area (Å²) in [6.07, 6.45) is 1.05. The van der Waals surface area contributed by atoms with Crippen molar-refractivity contribution in [1.29, 1.82) is 0 Å². The quantitative estimate of drug-likeness (QED) is 0.0835. The average Bonchev–Trinajstić information content (AvgIpc) is 3.70. The van der Waals surface area contributed by atoms with E-state index in [1.54, 1.807) is 12.1 Å². The standard InChI is InChI=1S/C39H34F3N5O8S2/c1-5-55-20-21-14-31(52-2)34(32(15-21)53-3)27-11-8-24(36-37(27)46-56-45-36)16-30(39(49)54-4)44-38(48)35-28(40)18-25(19-29(35)41)47-57(50,51)26-9-6-22(7-10-26)23-12-13-43-33(42)17-23/h6-15,17-19,30,47H,5,16,20H2,1-4H3,(H,44,48)/t30-/m0/s1. The first-order valence-electron chi connectivity index (χ1n) is 17.1. The largest absolute Gasteiger partial charge is 0.496 e. The Morgan fingerprint density at radius 2 is 1.51 bits per heavy atom. The summed E-state index contributed by atoms with van der Waals surface area (Å²) in [5.74, 6) is -4.77. The molecule has 0 spiro atoms. The van der Waals surface area contributed by atoms with Gasteiger partial charge in [-0.15, -0.1) is 0 Å². The highest BCUT2D eigenvalue weighted by atomic mass is 32.2. The third kappa shape index (κ3) is 8.82. The van der Waals surface area contributed by atoms with Gasteiger partial charge in [0, 0.05) is 30.9 Å². The minimum atomic E-state index is -4.36. The lowest BCUT2D eigenvalue weighted by molar-refractivity contribution is -0.142. The molecule has 0 unspecified atom stereocenters. The predicted molar refractivity (Wildman–Crippen MR) is 205 cm³/mol. The molecule has 0 saturated carbocycles. The minimum Gasteiger partial charge on any atom is -0.496 e. The van der Waals surface area contributed by atoms with E-state index in [-0.39, 0.29) is 11.3 Å². The van der Waals surface area contributed by atoms with E-state index >= 15 is 8.78 Å². The van der Waals surface area contributed by atoms with Crippen molar-refractivity contribution in [2.45, 2.75) is 30.9 Å². The molecule has 0 saturated heterocycles. The Morgan fingerprint density at radius 1 is 0.842 bits per heavy atom. The number of aromatic nitrogens is 3. The number of carbonyl (C=O) groups is 2. The van der Waals surface area contributed by atoms with Crippen LogP contribution in [0.4, 0.5) is 18.9 Å². The minimum absolute atomic E-state index is 0.210. The number of nitrogens with one attached hydrogen (secondary N) is 2. The lowest BCUT2D eigenvalue weighted by Crippen LogP contribution is -2.43. The van der Waals surface area contributed by atoms with Crippen LogP contribution in [0.2, 0.25) is 0 Å². The molecule has 0 aliphatic rings. The predicted octanol–water partition coefficient (Wildman–Crippen LogP) is 6.71. The number of amides is 1. The summed E-state index contributed by atoms with van der Waals surface area (Å²) in [6.45, 7) is 2.74. The number of anilines is 1. The molecule has 57 heavy (non-hydrogen) atoms.